The van der Waals surface area contributed by atoms with Crippen LogP contribution in [0.3, 0.4) is 0 Å². The van der Waals surface area contributed by atoms with Crippen molar-refractivity contribution >= 4 is 0 Å². The Kier molecular flexibility index (Phi) is 2.92. The van der Waals surface area contributed by atoms with Crippen LogP contribution in [-0.2, 0) is 17.3 Å². The smallest absolute Gasteiger partial charge is 0.384 e. The average Bonchev–Trinajstić information content (AvgIpc) is 2.47. The van der Waals surface area contributed by atoms with E-state index in [2.05, 4.69) is 14.9 Å². The van der Waals surface area contributed by atoms with E-state index >= 15 is 0 Å². The molecule has 0 aliphatic carbocycles. The van der Waals surface area contributed by atoms with Crippen molar-refractivity contribution in [1.82, 2.24) is 10.2 Å². The van der Waals surface area contributed by atoms with E-state index < -0.39 is 11.9 Å². The van der Waals surface area contributed by atoms with Crippen LogP contribution in [0.15, 0.2) is 6.20 Å². The molecule has 6 heteroatoms. The zero-order chi connectivity index (χ0) is 9.90. The maximum absolute atomic E-state index is 12.2. The maximum Gasteiger partial charge on any atom is 0.435 e. The summed E-state index contributed by atoms with van der Waals surface area (Å²) in [7, 11) is 1.44. The molecule has 1 heterocycles. The van der Waals surface area contributed by atoms with Crippen LogP contribution in [0.5, 0.6) is 0 Å². The van der Waals surface area contributed by atoms with Gasteiger partial charge in [-0.1, -0.05) is 0 Å². The predicted molar refractivity (Wildman–Crippen MR) is 39.2 cm³/mol. The van der Waals surface area contributed by atoms with Crippen LogP contribution in [0, 0.1) is 0 Å². The second-order valence-electron chi connectivity index (χ2n) is 2.50. The van der Waals surface area contributed by atoms with Crippen molar-refractivity contribution in [3.05, 3.63) is 17.5 Å². The number of methoxy groups -OCH3 is 1. The second-order valence-corrected chi connectivity index (χ2v) is 2.50. The first-order valence-corrected chi connectivity index (χ1v) is 3.64. The van der Waals surface area contributed by atoms with E-state index in [9.17, 15) is 13.2 Å². The fourth-order valence-corrected chi connectivity index (χ4v) is 0.963. The minimum Gasteiger partial charge on any atom is -0.384 e. The van der Waals surface area contributed by atoms with E-state index in [4.69, 9.17) is 0 Å². The number of halogens is 3. The molecule has 1 rings (SSSR count). The number of ether oxygens (including phenoxy) is 1. The fraction of sp³-hybridized carbons (Fsp3) is 0.571. The summed E-state index contributed by atoms with van der Waals surface area (Å²) in [5.41, 5.74) is -0.723. The molecule has 0 saturated carbocycles. The van der Waals surface area contributed by atoms with Gasteiger partial charge in [0.15, 0.2) is 5.69 Å². The molecule has 1 aromatic rings. The first-order valence-electron chi connectivity index (χ1n) is 3.64. The summed E-state index contributed by atoms with van der Waals surface area (Å²) in [4.78, 5) is 0. The third kappa shape index (κ3) is 2.45. The predicted octanol–water partition coefficient (Wildman–Crippen LogP) is 1.62. The van der Waals surface area contributed by atoms with Crippen LogP contribution in [0.1, 0.15) is 11.3 Å². The van der Waals surface area contributed by atoms with E-state index in [1.54, 1.807) is 0 Å². The Bertz CT molecular complexity index is 269. The molecule has 0 aliphatic rings. The third-order valence-electron chi connectivity index (χ3n) is 1.56. The summed E-state index contributed by atoms with van der Waals surface area (Å²) < 4.78 is 41.2. The molecular formula is C7H9F3N2O. The number of hydrogen-bond donors (Lipinski definition) is 1. The van der Waals surface area contributed by atoms with Gasteiger partial charge < -0.3 is 4.74 Å². The highest BCUT2D eigenvalue weighted by molar-refractivity contribution is 5.19. The molecule has 0 fully saturated rings. The SMILES string of the molecule is COCCc1c[nH]nc1C(F)(F)F. The summed E-state index contributed by atoms with van der Waals surface area (Å²) in [6.45, 7) is 0.253. The highest BCUT2D eigenvalue weighted by atomic mass is 19.4. The number of alkyl halides is 3. The van der Waals surface area contributed by atoms with E-state index in [1.165, 1.54) is 13.3 Å². The Hall–Kier alpha value is -1.04. The minimum atomic E-state index is -4.39. The molecule has 0 saturated heterocycles. The van der Waals surface area contributed by atoms with Crippen molar-refractivity contribution < 1.29 is 17.9 Å². The van der Waals surface area contributed by atoms with Gasteiger partial charge in [-0.05, 0) is 6.42 Å². The van der Waals surface area contributed by atoms with E-state index in [0.29, 0.717) is 0 Å². The van der Waals surface area contributed by atoms with Crippen molar-refractivity contribution in [1.29, 1.82) is 0 Å². The Labute approximate surface area is 72.9 Å². The van der Waals surface area contributed by atoms with Crippen LogP contribution < -0.4 is 0 Å². The first-order chi connectivity index (χ1) is 6.05. The molecule has 3 nitrogen and oxygen atoms in total. The number of nitrogens with zero attached hydrogens (tertiary/aromatic N) is 1. The molecular weight excluding hydrogens is 185 g/mol. The number of hydrogen-bond acceptors (Lipinski definition) is 2. The normalized spacial score (nSPS) is 12.0. The lowest BCUT2D eigenvalue weighted by molar-refractivity contribution is -0.141. The lowest BCUT2D eigenvalue weighted by Gasteiger charge is -2.04. The molecule has 0 spiro atoms. The van der Waals surface area contributed by atoms with Gasteiger partial charge in [0.25, 0.3) is 0 Å². The molecule has 0 aromatic carbocycles. The van der Waals surface area contributed by atoms with Crippen LogP contribution >= 0.6 is 0 Å². The highest BCUT2D eigenvalue weighted by Gasteiger charge is 2.35. The van der Waals surface area contributed by atoms with Gasteiger partial charge in [0.2, 0.25) is 0 Å². The third-order valence-corrected chi connectivity index (χ3v) is 1.56. The van der Waals surface area contributed by atoms with E-state index in [0.717, 1.165) is 0 Å². The van der Waals surface area contributed by atoms with Gasteiger partial charge in [0.05, 0.1) is 6.61 Å². The Morgan fingerprint density at radius 3 is 2.77 bits per heavy atom. The maximum atomic E-state index is 12.2. The molecule has 0 atom stereocenters. The van der Waals surface area contributed by atoms with Crippen molar-refractivity contribution in [2.45, 2.75) is 12.6 Å². The molecule has 74 valence electrons. The van der Waals surface area contributed by atoms with Crippen LogP contribution in [0.25, 0.3) is 0 Å². The second kappa shape index (κ2) is 3.78. The number of rotatable bonds is 3. The largest absolute Gasteiger partial charge is 0.435 e. The zero-order valence-corrected chi connectivity index (χ0v) is 6.98. The van der Waals surface area contributed by atoms with Gasteiger partial charge >= 0.3 is 6.18 Å². The van der Waals surface area contributed by atoms with Gasteiger partial charge in [-0.3, -0.25) is 5.10 Å². The van der Waals surface area contributed by atoms with Crippen LogP contribution in [0.2, 0.25) is 0 Å². The molecule has 0 unspecified atom stereocenters. The fourth-order valence-electron chi connectivity index (χ4n) is 0.963. The summed E-state index contributed by atoms with van der Waals surface area (Å²) in [6.07, 6.45) is -2.94. The standard InChI is InChI=1S/C7H9F3N2O/c1-13-3-2-5-4-11-12-6(5)7(8,9)10/h4H,2-3H2,1H3,(H,11,12). The quantitative estimate of drug-likeness (QED) is 0.793. The number of aromatic nitrogens is 2. The van der Waals surface area contributed by atoms with E-state index in [1.807, 2.05) is 0 Å². The van der Waals surface area contributed by atoms with Gasteiger partial charge in [-0.2, -0.15) is 18.3 Å². The molecule has 1 N–H and O–H groups in total. The van der Waals surface area contributed by atoms with Gasteiger partial charge in [-0.25, -0.2) is 0 Å². The van der Waals surface area contributed by atoms with Crippen molar-refractivity contribution in [2.75, 3.05) is 13.7 Å². The summed E-state index contributed by atoms with van der Waals surface area (Å²) in [5.74, 6) is 0. The Balaban J connectivity index is 2.77. The first kappa shape index (κ1) is 10.0. The average molecular weight is 194 g/mol. The van der Waals surface area contributed by atoms with Crippen molar-refractivity contribution in [3.8, 4) is 0 Å². The monoisotopic (exact) mass is 194 g/mol. The summed E-state index contributed by atoms with van der Waals surface area (Å²) >= 11 is 0. The zero-order valence-electron chi connectivity index (χ0n) is 6.98. The van der Waals surface area contributed by atoms with E-state index in [-0.39, 0.29) is 18.6 Å². The number of nitrogens with one attached hydrogen (secondary N) is 1. The molecule has 0 bridgehead atoms. The summed E-state index contributed by atoms with van der Waals surface area (Å²) in [6, 6.07) is 0. The van der Waals surface area contributed by atoms with Gasteiger partial charge in [0, 0.05) is 18.9 Å². The summed E-state index contributed by atoms with van der Waals surface area (Å²) in [5, 5.41) is 5.32. The minimum absolute atomic E-state index is 0.134. The van der Waals surface area contributed by atoms with Crippen LogP contribution in [-0.4, -0.2) is 23.9 Å². The molecule has 1 aromatic heterocycles. The number of aromatic amines is 1. The van der Waals surface area contributed by atoms with Gasteiger partial charge in [-0.15, -0.1) is 0 Å². The highest BCUT2D eigenvalue weighted by Crippen LogP contribution is 2.30. The molecule has 13 heavy (non-hydrogen) atoms. The molecule has 0 radical (unpaired) electrons. The Morgan fingerprint density at radius 1 is 1.54 bits per heavy atom. The lowest BCUT2D eigenvalue weighted by atomic mass is 10.2. The Morgan fingerprint density at radius 2 is 2.23 bits per heavy atom. The number of H-pyrrole nitrogens is 1. The topological polar surface area (TPSA) is 37.9 Å². The van der Waals surface area contributed by atoms with Crippen LogP contribution in [0.4, 0.5) is 13.2 Å². The van der Waals surface area contributed by atoms with Gasteiger partial charge in [0.1, 0.15) is 0 Å². The van der Waals surface area contributed by atoms with Crippen molar-refractivity contribution in [3.63, 3.8) is 0 Å². The lowest BCUT2D eigenvalue weighted by Crippen LogP contribution is -2.10. The van der Waals surface area contributed by atoms with Crippen molar-refractivity contribution in [2.24, 2.45) is 0 Å². The molecule has 0 aliphatic heterocycles. The molecule has 0 amide bonds.